The van der Waals surface area contributed by atoms with Gasteiger partial charge in [0.15, 0.2) is 0 Å². The molecule has 1 fully saturated rings. The Hall–Kier alpha value is -0.920. The van der Waals surface area contributed by atoms with Crippen LogP contribution in [0.25, 0.3) is 0 Å². The van der Waals surface area contributed by atoms with E-state index in [0.717, 1.165) is 6.42 Å². The molecule has 0 aliphatic carbocycles. The topological polar surface area (TPSA) is 69.3 Å². The molecule has 17 heavy (non-hydrogen) atoms. The number of H-pyrrole nitrogens is 1. The molecule has 0 amide bonds. The number of hydrogen-bond acceptors (Lipinski definition) is 4. The molecular formula is C10H18N4O2S. The number of nitrogens with one attached hydrogen (secondary N) is 1. The highest BCUT2D eigenvalue weighted by Crippen LogP contribution is 2.23. The lowest BCUT2D eigenvalue weighted by Gasteiger charge is -2.20. The first-order valence-corrected chi connectivity index (χ1v) is 7.03. The van der Waals surface area contributed by atoms with Crippen molar-refractivity contribution in [1.82, 2.24) is 19.4 Å². The van der Waals surface area contributed by atoms with Gasteiger partial charge in [0.25, 0.3) is 0 Å². The van der Waals surface area contributed by atoms with E-state index in [1.165, 1.54) is 10.5 Å². The molecule has 1 saturated heterocycles. The van der Waals surface area contributed by atoms with Crippen molar-refractivity contribution in [3.8, 4) is 0 Å². The van der Waals surface area contributed by atoms with Gasteiger partial charge in [-0.3, -0.25) is 5.10 Å². The van der Waals surface area contributed by atoms with E-state index >= 15 is 0 Å². The molecule has 1 aromatic rings. The molecule has 0 saturated carbocycles. The molecule has 7 heteroatoms. The van der Waals surface area contributed by atoms with Crippen molar-refractivity contribution in [2.45, 2.75) is 24.3 Å². The normalized spacial score (nSPS) is 22.5. The van der Waals surface area contributed by atoms with Crippen molar-refractivity contribution >= 4 is 10.0 Å². The summed E-state index contributed by atoms with van der Waals surface area (Å²) in [4.78, 5) is 2.36. The van der Waals surface area contributed by atoms with Crippen LogP contribution in [-0.2, 0) is 10.0 Å². The quantitative estimate of drug-likeness (QED) is 0.831. The molecule has 1 aromatic heterocycles. The maximum atomic E-state index is 12.3. The monoisotopic (exact) mass is 258 g/mol. The molecule has 0 bridgehead atoms. The Morgan fingerprint density at radius 1 is 1.53 bits per heavy atom. The van der Waals surface area contributed by atoms with Gasteiger partial charge in [-0.2, -0.15) is 9.40 Å². The third-order valence-electron chi connectivity index (χ3n) is 3.26. The van der Waals surface area contributed by atoms with Crippen LogP contribution < -0.4 is 0 Å². The van der Waals surface area contributed by atoms with Crippen LogP contribution in [0.15, 0.2) is 11.1 Å². The lowest BCUT2D eigenvalue weighted by Crippen LogP contribution is -2.34. The molecule has 2 rings (SSSR count). The molecule has 1 aliphatic heterocycles. The first kappa shape index (κ1) is 12.5. The number of rotatable bonds is 3. The number of nitrogens with zero attached hydrogens (tertiary/aromatic N) is 3. The fourth-order valence-corrected chi connectivity index (χ4v) is 3.70. The predicted molar refractivity (Wildman–Crippen MR) is 64.2 cm³/mol. The summed E-state index contributed by atoms with van der Waals surface area (Å²) in [6, 6.07) is 0.303. The summed E-state index contributed by atoms with van der Waals surface area (Å²) in [7, 11) is 0.573. The average Bonchev–Trinajstić information content (AvgIpc) is 2.84. The van der Waals surface area contributed by atoms with Gasteiger partial charge in [-0.25, -0.2) is 8.42 Å². The molecule has 1 unspecified atom stereocenters. The lowest BCUT2D eigenvalue weighted by atomic mass is 10.2. The standard InChI is InChI=1S/C10H18N4O2S/c1-8-10(6-11-12-8)17(15,16)14-5-4-9(7-14)13(2)3/h6,9H,4-5,7H2,1-3H3,(H,11,12). The highest BCUT2D eigenvalue weighted by Gasteiger charge is 2.34. The van der Waals surface area contributed by atoms with Gasteiger partial charge in [-0.1, -0.05) is 0 Å². The van der Waals surface area contributed by atoms with Crippen LogP contribution in [0.4, 0.5) is 0 Å². The summed E-state index contributed by atoms with van der Waals surface area (Å²) in [6.07, 6.45) is 2.26. The third-order valence-corrected chi connectivity index (χ3v) is 5.24. The van der Waals surface area contributed by atoms with Crippen LogP contribution in [0.3, 0.4) is 0 Å². The van der Waals surface area contributed by atoms with Crippen LogP contribution in [-0.4, -0.2) is 61.0 Å². The minimum atomic E-state index is -3.38. The van der Waals surface area contributed by atoms with E-state index in [-0.39, 0.29) is 4.90 Å². The second-order valence-electron chi connectivity index (χ2n) is 4.63. The first-order valence-electron chi connectivity index (χ1n) is 5.59. The molecule has 1 aliphatic rings. The van der Waals surface area contributed by atoms with E-state index in [4.69, 9.17) is 0 Å². The fraction of sp³-hybridized carbons (Fsp3) is 0.700. The molecule has 0 radical (unpaired) electrons. The van der Waals surface area contributed by atoms with Gasteiger partial charge in [0.1, 0.15) is 4.90 Å². The summed E-state index contributed by atoms with van der Waals surface area (Å²) >= 11 is 0. The van der Waals surface area contributed by atoms with Gasteiger partial charge in [-0.05, 0) is 27.4 Å². The zero-order valence-electron chi connectivity index (χ0n) is 10.3. The SMILES string of the molecule is Cc1[nH]ncc1S(=O)(=O)N1CCC(N(C)C)C1. The summed E-state index contributed by atoms with van der Waals surface area (Å²) in [5.41, 5.74) is 0.596. The summed E-state index contributed by atoms with van der Waals surface area (Å²) < 4.78 is 26.2. The van der Waals surface area contributed by atoms with Crippen molar-refractivity contribution in [1.29, 1.82) is 0 Å². The van der Waals surface area contributed by atoms with Gasteiger partial charge < -0.3 is 4.90 Å². The Bertz CT molecular complexity index is 494. The molecule has 2 heterocycles. The smallest absolute Gasteiger partial charge is 0.246 e. The van der Waals surface area contributed by atoms with E-state index in [1.54, 1.807) is 6.92 Å². The Labute approximate surface area is 102 Å². The average molecular weight is 258 g/mol. The molecule has 1 atom stereocenters. The predicted octanol–water partition coefficient (Wildman–Crippen LogP) is 0.0427. The van der Waals surface area contributed by atoms with E-state index in [1.807, 2.05) is 14.1 Å². The number of aromatic nitrogens is 2. The minimum Gasteiger partial charge on any atom is -0.305 e. The van der Waals surface area contributed by atoms with Crippen LogP contribution in [0.2, 0.25) is 0 Å². The van der Waals surface area contributed by atoms with Gasteiger partial charge in [-0.15, -0.1) is 0 Å². The Morgan fingerprint density at radius 3 is 2.71 bits per heavy atom. The fourth-order valence-electron chi connectivity index (χ4n) is 2.09. The third kappa shape index (κ3) is 2.22. The maximum Gasteiger partial charge on any atom is 0.246 e. The van der Waals surface area contributed by atoms with Gasteiger partial charge >= 0.3 is 0 Å². The molecule has 0 aromatic carbocycles. The van der Waals surface area contributed by atoms with Gasteiger partial charge in [0, 0.05) is 19.1 Å². The Kier molecular flexibility index (Phi) is 3.24. The molecule has 6 nitrogen and oxygen atoms in total. The van der Waals surface area contributed by atoms with E-state index < -0.39 is 10.0 Å². The summed E-state index contributed by atoms with van der Waals surface area (Å²) in [5.74, 6) is 0. The van der Waals surface area contributed by atoms with E-state index in [0.29, 0.717) is 24.8 Å². The van der Waals surface area contributed by atoms with Crippen molar-refractivity contribution in [3.63, 3.8) is 0 Å². The van der Waals surface area contributed by atoms with Crippen LogP contribution in [0.5, 0.6) is 0 Å². The second kappa shape index (κ2) is 4.40. The molecule has 96 valence electrons. The van der Waals surface area contributed by atoms with Gasteiger partial charge in [0.2, 0.25) is 10.0 Å². The van der Waals surface area contributed by atoms with Crippen molar-refractivity contribution in [2.75, 3.05) is 27.2 Å². The minimum absolute atomic E-state index is 0.289. The van der Waals surface area contributed by atoms with Crippen molar-refractivity contribution < 1.29 is 8.42 Å². The number of aromatic amines is 1. The van der Waals surface area contributed by atoms with Crippen molar-refractivity contribution in [2.24, 2.45) is 0 Å². The van der Waals surface area contributed by atoms with Crippen LogP contribution in [0, 0.1) is 6.92 Å². The zero-order chi connectivity index (χ0) is 12.6. The highest BCUT2D eigenvalue weighted by atomic mass is 32.2. The number of likely N-dealkylation sites (N-methyl/N-ethyl adjacent to an activating group) is 1. The maximum absolute atomic E-state index is 12.3. The lowest BCUT2D eigenvalue weighted by molar-refractivity contribution is 0.302. The highest BCUT2D eigenvalue weighted by molar-refractivity contribution is 7.89. The van der Waals surface area contributed by atoms with E-state index in [9.17, 15) is 8.42 Å². The second-order valence-corrected chi connectivity index (χ2v) is 6.53. The summed E-state index contributed by atoms with van der Waals surface area (Å²) in [6.45, 7) is 2.86. The molecule has 1 N–H and O–H groups in total. The zero-order valence-corrected chi connectivity index (χ0v) is 11.2. The number of aryl methyl sites for hydroxylation is 1. The largest absolute Gasteiger partial charge is 0.305 e. The van der Waals surface area contributed by atoms with Crippen LogP contribution >= 0.6 is 0 Å². The Balaban J connectivity index is 2.22. The summed E-state index contributed by atoms with van der Waals surface area (Å²) in [5, 5.41) is 6.44. The number of sulfonamides is 1. The Morgan fingerprint density at radius 2 is 2.24 bits per heavy atom. The molecule has 0 spiro atoms. The first-order chi connectivity index (χ1) is 7.93. The molecular weight excluding hydrogens is 240 g/mol. The number of hydrogen-bond donors (Lipinski definition) is 1. The van der Waals surface area contributed by atoms with Gasteiger partial charge in [0.05, 0.1) is 11.9 Å². The van der Waals surface area contributed by atoms with Crippen LogP contribution in [0.1, 0.15) is 12.1 Å². The van der Waals surface area contributed by atoms with Crippen molar-refractivity contribution in [3.05, 3.63) is 11.9 Å². The van der Waals surface area contributed by atoms with E-state index in [2.05, 4.69) is 15.1 Å².